The van der Waals surface area contributed by atoms with Gasteiger partial charge in [0, 0.05) is 16.8 Å². The van der Waals surface area contributed by atoms with Crippen LogP contribution in [0.15, 0.2) is 36.8 Å². The molecule has 0 saturated carbocycles. The van der Waals surface area contributed by atoms with Crippen LogP contribution in [0.5, 0.6) is 0 Å². The fourth-order valence-electron chi connectivity index (χ4n) is 1.36. The summed E-state index contributed by atoms with van der Waals surface area (Å²) < 4.78 is 0. The highest BCUT2D eigenvalue weighted by Gasteiger charge is 2.02. The van der Waals surface area contributed by atoms with Crippen molar-refractivity contribution in [1.82, 2.24) is 9.97 Å². The lowest BCUT2D eigenvalue weighted by molar-refractivity contribution is 1.17. The van der Waals surface area contributed by atoms with Gasteiger partial charge in [-0.3, -0.25) is 0 Å². The van der Waals surface area contributed by atoms with E-state index in [0.717, 1.165) is 21.8 Å². The fourth-order valence-corrected chi connectivity index (χ4v) is 1.59. The first kappa shape index (κ1) is 9.16. The van der Waals surface area contributed by atoms with Gasteiger partial charge >= 0.3 is 0 Å². The number of benzene rings is 1. The van der Waals surface area contributed by atoms with Crippen LogP contribution in [0.2, 0.25) is 5.02 Å². The summed E-state index contributed by atoms with van der Waals surface area (Å²) in [7, 11) is 0. The van der Waals surface area contributed by atoms with Gasteiger partial charge in [0.1, 0.15) is 6.33 Å². The Morgan fingerprint density at radius 1 is 1.21 bits per heavy atom. The molecule has 0 bridgehead atoms. The minimum absolute atomic E-state index is 0.750. The Morgan fingerprint density at radius 3 is 2.71 bits per heavy atom. The predicted octanol–water partition coefficient (Wildman–Crippen LogP) is 3.11. The van der Waals surface area contributed by atoms with E-state index in [1.54, 1.807) is 12.5 Å². The van der Waals surface area contributed by atoms with Crippen LogP contribution >= 0.6 is 11.6 Å². The minimum Gasteiger partial charge on any atom is -0.245 e. The van der Waals surface area contributed by atoms with Crippen LogP contribution in [-0.4, -0.2) is 9.97 Å². The minimum atomic E-state index is 0.750. The molecule has 0 N–H and O–H groups in total. The van der Waals surface area contributed by atoms with Crippen molar-refractivity contribution >= 4 is 11.6 Å². The van der Waals surface area contributed by atoms with Gasteiger partial charge in [0.15, 0.2) is 0 Å². The highest BCUT2D eigenvalue weighted by Crippen LogP contribution is 2.23. The second kappa shape index (κ2) is 3.76. The van der Waals surface area contributed by atoms with Crippen LogP contribution in [0.1, 0.15) is 5.56 Å². The molecular formula is C11H9ClN2. The van der Waals surface area contributed by atoms with Gasteiger partial charge in [0.25, 0.3) is 0 Å². The van der Waals surface area contributed by atoms with Crippen molar-refractivity contribution < 1.29 is 0 Å². The van der Waals surface area contributed by atoms with Crippen LogP contribution in [0, 0.1) is 6.92 Å². The first-order chi connectivity index (χ1) is 6.77. The third-order valence-electron chi connectivity index (χ3n) is 2.05. The third kappa shape index (κ3) is 1.75. The summed E-state index contributed by atoms with van der Waals surface area (Å²) >= 11 is 5.87. The average Bonchev–Trinajstić information content (AvgIpc) is 2.19. The van der Waals surface area contributed by atoms with E-state index in [2.05, 4.69) is 9.97 Å². The summed E-state index contributed by atoms with van der Waals surface area (Å²) in [5, 5.41) is 0.750. The Hall–Kier alpha value is -1.41. The van der Waals surface area contributed by atoms with Crippen LogP contribution in [0.4, 0.5) is 0 Å². The van der Waals surface area contributed by atoms with Gasteiger partial charge in [0.2, 0.25) is 0 Å². The molecule has 0 atom stereocenters. The molecule has 0 aliphatic heterocycles. The van der Waals surface area contributed by atoms with Crippen LogP contribution in [-0.2, 0) is 0 Å². The molecule has 2 aromatic rings. The van der Waals surface area contributed by atoms with Crippen molar-refractivity contribution in [2.75, 3.05) is 0 Å². The maximum Gasteiger partial charge on any atom is 0.116 e. The maximum absolute atomic E-state index is 5.87. The topological polar surface area (TPSA) is 25.8 Å². The van der Waals surface area contributed by atoms with Crippen molar-refractivity contribution in [3.05, 3.63) is 47.4 Å². The van der Waals surface area contributed by atoms with Gasteiger partial charge in [-0.2, -0.15) is 0 Å². The van der Waals surface area contributed by atoms with E-state index in [0.29, 0.717) is 0 Å². The van der Waals surface area contributed by atoms with E-state index in [4.69, 9.17) is 11.6 Å². The van der Waals surface area contributed by atoms with Crippen LogP contribution in [0.25, 0.3) is 11.3 Å². The summed E-state index contributed by atoms with van der Waals surface area (Å²) in [6, 6.07) is 7.65. The summed E-state index contributed by atoms with van der Waals surface area (Å²) in [5.74, 6) is 0. The largest absolute Gasteiger partial charge is 0.245 e. The van der Waals surface area contributed by atoms with Gasteiger partial charge in [-0.15, -0.1) is 0 Å². The Morgan fingerprint density at radius 2 is 2.07 bits per heavy atom. The standard InChI is InChI=1S/C11H9ClN2/c1-8-6-9(12)2-3-10(8)11-4-5-13-7-14-11/h2-7H,1H3. The third-order valence-corrected chi connectivity index (χ3v) is 2.28. The molecule has 0 aliphatic rings. The molecular weight excluding hydrogens is 196 g/mol. The van der Waals surface area contributed by atoms with Crippen LogP contribution < -0.4 is 0 Å². The zero-order valence-electron chi connectivity index (χ0n) is 7.74. The molecule has 0 unspecified atom stereocenters. The number of hydrogen-bond acceptors (Lipinski definition) is 2. The normalized spacial score (nSPS) is 10.1. The Labute approximate surface area is 87.6 Å². The molecule has 0 fully saturated rings. The molecule has 0 radical (unpaired) electrons. The second-order valence-corrected chi connectivity index (χ2v) is 3.49. The molecule has 0 spiro atoms. The molecule has 0 amide bonds. The molecule has 3 heteroatoms. The Bertz CT molecular complexity index is 440. The smallest absolute Gasteiger partial charge is 0.116 e. The summed E-state index contributed by atoms with van der Waals surface area (Å²) in [6.07, 6.45) is 3.28. The van der Waals surface area contributed by atoms with E-state index in [1.807, 2.05) is 31.2 Å². The lowest BCUT2D eigenvalue weighted by Gasteiger charge is -2.04. The van der Waals surface area contributed by atoms with E-state index >= 15 is 0 Å². The second-order valence-electron chi connectivity index (χ2n) is 3.05. The molecule has 0 saturated heterocycles. The molecule has 1 aromatic carbocycles. The van der Waals surface area contributed by atoms with Gasteiger partial charge in [-0.1, -0.05) is 17.7 Å². The highest BCUT2D eigenvalue weighted by atomic mass is 35.5. The molecule has 14 heavy (non-hydrogen) atoms. The number of aromatic nitrogens is 2. The molecule has 1 heterocycles. The van der Waals surface area contributed by atoms with Gasteiger partial charge < -0.3 is 0 Å². The first-order valence-electron chi connectivity index (χ1n) is 4.30. The first-order valence-corrected chi connectivity index (χ1v) is 4.68. The SMILES string of the molecule is Cc1cc(Cl)ccc1-c1ccncn1. The maximum atomic E-state index is 5.87. The zero-order valence-corrected chi connectivity index (χ0v) is 8.49. The molecule has 1 aromatic heterocycles. The summed E-state index contributed by atoms with van der Waals surface area (Å²) in [5.41, 5.74) is 3.14. The summed E-state index contributed by atoms with van der Waals surface area (Å²) in [6.45, 7) is 2.02. The van der Waals surface area contributed by atoms with Crippen LogP contribution in [0.3, 0.4) is 0 Å². The Balaban J connectivity index is 2.53. The fraction of sp³-hybridized carbons (Fsp3) is 0.0909. The summed E-state index contributed by atoms with van der Waals surface area (Å²) in [4.78, 5) is 8.07. The number of aryl methyl sites for hydroxylation is 1. The van der Waals surface area contributed by atoms with E-state index in [9.17, 15) is 0 Å². The van der Waals surface area contributed by atoms with Crippen molar-refractivity contribution in [1.29, 1.82) is 0 Å². The molecule has 2 nitrogen and oxygen atoms in total. The predicted molar refractivity (Wildman–Crippen MR) is 57.2 cm³/mol. The van der Waals surface area contributed by atoms with Gasteiger partial charge in [-0.25, -0.2) is 9.97 Å². The van der Waals surface area contributed by atoms with Gasteiger partial charge in [-0.05, 0) is 30.7 Å². The zero-order chi connectivity index (χ0) is 9.97. The van der Waals surface area contributed by atoms with Gasteiger partial charge in [0.05, 0.1) is 5.69 Å². The number of halogens is 1. The lowest BCUT2D eigenvalue weighted by atomic mass is 10.1. The van der Waals surface area contributed by atoms with E-state index < -0.39 is 0 Å². The van der Waals surface area contributed by atoms with E-state index in [1.165, 1.54) is 0 Å². The highest BCUT2D eigenvalue weighted by molar-refractivity contribution is 6.30. The van der Waals surface area contributed by atoms with Crippen molar-refractivity contribution in [3.63, 3.8) is 0 Å². The molecule has 70 valence electrons. The van der Waals surface area contributed by atoms with E-state index in [-0.39, 0.29) is 0 Å². The number of hydrogen-bond donors (Lipinski definition) is 0. The quantitative estimate of drug-likeness (QED) is 0.714. The molecule has 2 rings (SSSR count). The van der Waals surface area contributed by atoms with Crippen molar-refractivity contribution in [2.24, 2.45) is 0 Å². The molecule has 0 aliphatic carbocycles. The monoisotopic (exact) mass is 204 g/mol. The number of rotatable bonds is 1. The van der Waals surface area contributed by atoms with Crippen molar-refractivity contribution in [2.45, 2.75) is 6.92 Å². The average molecular weight is 205 g/mol. The van der Waals surface area contributed by atoms with Crippen molar-refractivity contribution in [3.8, 4) is 11.3 Å². The number of nitrogens with zero attached hydrogens (tertiary/aromatic N) is 2. The Kier molecular flexibility index (Phi) is 2.46. The lowest BCUT2D eigenvalue weighted by Crippen LogP contribution is -1.87.